The average Bonchev–Trinajstić information content (AvgIpc) is 1.19. The molecular formula is H10N2O7S2. The molecule has 11 heteroatoms. The Bertz CT molecular complexity index is 157. The minimum Gasteiger partial charge on any atom is -0.759 e. The molecule has 0 fully saturated rings. The first kappa shape index (κ1) is 22.4. The van der Waals surface area contributed by atoms with E-state index in [1.54, 1.807) is 0 Å². The van der Waals surface area contributed by atoms with Gasteiger partial charge in [-0.1, -0.05) is 0 Å². The van der Waals surface area contributed by atoms with E-state index in [1.807, 2.05) is 0 Å². The molecule has 0 unspecified atom stereocenters. The highest BCUT2D eigenvalue weighted by molar-refractivity contribution is 7.79. The van der Waals surface area contributed by atoms with Crippen molar-refractivity contribution in [2.45, 2.75) is 0 Å². The van der Waals surface area contributed by atoms with E-state index in [4.69, 9.17) is 30.8 Å². The molecule has 0 aliphatic carbocycles. The molecule has 9 nitrogen and oxygen atoms in total. The summed E-state index contributed by atoms with van der Waals surface area (Å²) >= 11 is -2.61. The third-order valence-electron chi connectivity index (χ3n) is 0. The van der Waals surface area contributed by atoms with Crippen LogP contribution in [0.25, 0.3) is 0 Å². The fraction of sp³-hybridized carbons (Fsp3) is 0. The summed E-state index contributed by atoms with van der Waals surface area (Å²) in [6.07, 6.45) is 0. The normalized spacial score (nSPS) is 8.45. The minimum absolute atomic E-state index is 0. The summed E-state index contributed by atoms with van der Waals surface area (Å²) in [4.78, 5) is 0. The molecule has 0 saturated carbocycles. The second-order valence-electron chi connectivity index (χ2n) is 0.639. The first-order valence-corrected chi connectivity index (χ1v) is 3.60. The highest BCUT2D eigenvalue weighted by Crippen LogP contribution is 1.57. The summed E-state index contributed by atoms with van der Waals surface area (Å²) in [5, 5.41) is 0. The molecule has 0 radical (unpaired) electrons. The van der Waals surface area contributed by atoms with E-state index in [2.05, 4.69) is 0 Å². The lowest BCUT2D eigenvalue weighted by molar-refractivity contribution is 0.352. The second kappa shape index (κ2) is 9.86. The van der Waals surface area contributed by atoms with Gasteiger partial charge in [-0.3, -0.25) is 17.5 Å². The Balaban J connectivity index is -0.0000000383. The van der Waals surface area contributed by atoms with Crippen molar-refractivity contribution in [1.82, 2.24) is 12.3 Å². The molecule has 0 amide bonds. The molecule has 0 rings (SSSR count). The third-order valence-corrected chi connectivity index (χ3v) is 0. The predicted molar refractivity (Wildman–Crippen MR) is 35.8 cm³/mol. The first-order chi connectivity index (χ1) is 3.73. The van der Waals surface area contributed by atoms with Crippen molar-refractivity contribution in [3.63, 3.8) is 0 Å². The van der Waals surface area contributed by atoms with E-state index in [-0.39, 0.29) is 12.3 Å². The van der Waals surface area contributed by atoms with Crippen molar-refractivity contribution in [3.8, 4) is 0 Å². The standard InChI is InChI=1S/2H3N.H2O4S.H2O3S/c;;1-5(2,3)4;1-4(2)3/h2*1H3;(H2,1,2,3,4);(H2,1,2,3). The molecule has 74 valence electrons. The van der Waals surface area contributed by atoms with Crippen LogP contribution in [-0.2, 0) is 21.8 Å². The van der Waals surface area contributed by atoms with Crippen molar-refractivity contribution < 1.29 is 30.8 Å². The maximum atomic E-state index is 8.67. The molecule has 10 N–H and O–H groups in total. The average molecular weight is 214 g/mol. The Hall–Kier alpha value is -0.140. The SMILES string of the molecule is O=S(=O)([O-])[O-].O=S(O)O.[NH4+].[NH4+]. The van der Waals surface area contributed by atoms with Gasteiger partial charge in [-0.05, 0) is 0 Å². The molecule has 0 atom stereocenters. The van der Waals surface area contributed by atoms with Gasteiger partial charge < -0.3 is 21.4 Å². The van der Waals surface area contributed by atoms with Gasteiger partial charge in [-0.25, -0.2) is 0 Å². The summed E-state index contributed by atoms with van der Waals surface area (Å²) in [6, 6.07) is 0. The van der Waals surface area contributed by atoms with E-state index in [0.29, 0.717) is 0 Å². The van der Waals surface area contributed by atoms with Crippen LogP contribution in [0.15, 0.2) is 0 Å². The molecular weight excluding hydrogens is 204 g/mol. The Morgan fingerprint density at radius 2 is 1.09 bits per heavy atom. The lowest BCUT2D eigenvalue weighted by Gasteiger charge is -2.06. The van der Waals surface area contributed by atoms with Crippen LogP contribution < -0.4 is 12.3 Å². The zero-order valence-corrected chi connectivity index (χ0v) is 7.39. The van der Waals surface area contributed by atoms with Crippen LogP contribution in [0.2, 0.25) is 0 Å². The van der Waals surface area contributed by atoms with Crippen LogP contribution in [-0.4, -0.2) is 30.8 Å². The maximum absolute atomic E-state index is 8.67. The quantitative estimate of drug-likeness (QED) is 0.226. The number of rotatable bonds is 0. The highest BCUT2D eigenvalue weighted by atomic mass is 32.3. The summed E-state index contributed by atoms with van der Waals surface area (Å²) in [6.45, 7) is 0. The number of hydrogen-bond donors (Lipinski definition) is 4. The van der Waals surface area contributed by atoms with E-state index in [1.165, 1.54) is 0 Å². The lowest BCUT2D eigenvalue weighted by atomic mass is 14.0. The van der Waals surface area contributed by atoms with E-state index in [9.17, 15) is 0 Å². The van der Waals surface area contributed by atoms with Crippen LogP contribution in [0.1, 0.15) is 0 Å². The third kappa shape index (κ3) is 31100. The molecule has 0 bridgehead atoms. The van der Waals surface area contributed by atoms with Gasteiger partial charge >= 0.3 is 0 Å². The van der Waals surface area contributed by atoms with E-state index < -0.39 is 21.8 Å². The fourth-order valence-electron chi connectivity index (χ4n) is 0. The topological polar surface area (TPSA) is 211 Å². The fourth-order valence-corrected chi connectivity index (χ4v) is 0. The summed E-state index contributed by atoms with van der Waals surface area (Å²) < 4.78 is 56.9. The minimum atomic E-state index is -5.17. The molecule has 0 aliphatic heterocycles. The Morgan fingerprint density at radius 3 is 1.09 bits per heavy atom. The van der Waals surface area contributed by atoms with Crippen molar-refractivity contribution in [2.75, 3.05) is 0 Å². The Kier molecular flexibility index (Phi) is 20.1. The molecule has 0 aliphatic rings. The van der Waals surface area contributed by atoms with Gasteiger partial charge in [0.25, 0.3) is 11.4 Å². The van der Waals surface area contributed by atoms with Crippen LogP contribution in [0.5, 0.6) is 0 Å². The zero-order valence-electron chi connectivity index (χ0n) is 5.75. The number of hydrogen-bond acceptors (Lipinski definition) is 5. The van der Waals surface area contributed by atoms with E-state index >= 15 is 0 Å². The van der Waals surface area contributed by atoms with E-state index in [0.717, 1.165) is 0 Å². The van der Waals surface area contributed by atoms with Gasteiger partial charge in [-0.2, -0.15) is 4.21 Å². The van der Waals surface area contributed by atoms with Crippen LogP contribution >= 0.6 is 0 Å². The van der Waals surface area contributed by atoms with Gasteiger partial charge in [0, 0.05) is 10.4 Å². The van der Waals surface area contributed by atoms with Gasteiger partial charge in [0.2, 0.25) is 0 Å². The van der Waals surface area contributed by atoms with Gasteiger partial charge in [0.05, 0.1) is 0 Å². The monoisotopic (exact) mass is 214 g/mol. The summed E-state index contributed by atoms with van der Waals surface area (Å²) in [5.74, 6) is 0. The van der Waals surface area contributed by atoms with Crippen molar-refractivity contribution in [2.24, 2.45) is 0 Å². The van der Waals surface area contributed by atoms with Crippen molar-refractivity contribution >= 4 is 21.8 Å². The molecule has 0 aromatic carbocycles. The molecule has 0 aromatic heterocycles. The highest BCUT2D eigenvalue weighted by Gasteiger charge is 1.62. The second-order valence-corrected chi connectivity index (χ2v) is 1.92. The largest absolute Gasteiger partial charge is 0.759 e. The smallest absolute Gasteiger partial charge is 0.299 e. The van der Waals surface area contributed by atoms with Gasteiger partial charge in [0.15, 0.2) is 0 Å². The number of quaternary nitrogens is 2. The van der Waals surface area contributed by atoms with Crippen LogP contribution in [0.4, 0.5) is 0 Å². The summed E-state index contributed by atoms with van der Waals surface area (Å²) in [7, 11) is -5.17. The summed E-state index contributed by atoms with van der Waals surface area (Å²) in [5.41, 5.74) is 0. The molecule has 0 heterocycles. The van der Waals surface area contributed by atoms with Crippen LogP contribution in [0.3, 0.4) is 0 Å². The molecule has 11 heavy (non-hydrogen) atoms. The zero-order chi connectivity index (χ0) is 8.08. The molecule has 0 aromatic rings. The lowest BCUT2D eigenvalue weighted by Crippen LogP contribution is -1.91. The Morgan fingerprint density at radius 1 is 1.09 bits per heavy atom. The van der Waals surface area contributed by atoms with Crippen molar-refractivity contribution in [1.29, 1.82) is 0 Å². The molecule has 0 spiro atoms. The Labute approximate surface area is 65.7 Å². The van der Waals surface area contributed by atoms with Gasteiger partial charge in [-0.15, -0.1) is 0 Å². The van der Waals surface area contributed by atoms with Crippen molar-refractivity contribution in [3.05, 3.63) is 0 Å². The molecule has 0 saturated heterocycles. The first-order valence-electron chi connectivity index (χ1n) is 1.20. The van der Waals surface area contributed by atoms with Crippen LogP contribution in [0, 0.1) is 0 Å². The maximum Gasteiger partial charge on any atom is 0.299 e. The predicted octanol–water partition coefficient (Wildman–Crippen LogP) is -0.904. The van der Waals surface area contributed by atoms with Gasteiger partial charge in [0.1, 0.15) is 0 Å².